The average Bonchev–Trinajstić information content (AvgIpc) is 3.39. The first kappa shape index (κ1) is 22.3. The average molecular weight is 580 g/mol. The second-order valence-corrected chi connectivity index (χ2v) is 12.3. The highest BCUT2D eigenvalue weighted by molar-refractivity contribution is 9.10. The monoisotopic (exact) mass is 578 g/mol. The largest absolute Gasteiger partial charge is 0.141 e. The molecular formula is C32H19BrS3. The Bertz CT molecular complexity index is 2060. The van der Waals surface area contributed by atoms with Crippen molar-refractivity contribution in [2.45, 2.75) is 4.90 Å². The van der Waals surface area contributed by atoms with Crippen LogP contribution in [0.1, 0.15) is 11.1 Å². The number of thiol groups is 1. The van der Waals surface area contributed by atoms with Gasteiger partial charge in [0.15, 0.2) is 0 Å². The Morgan fingerprint density at radius 2 is 1.11 bits per heavy atom. The predicted molar refractivity (Wildman–Crippen MR) is 170 cm³/mol. The zero-order valence-electron chi connectivity index (χ0n) is 19.1. The highest BCUT2D eigenvalue weighted by Gasteiger charge is 2.19. The molecule has 0 amide bonds. The second-order valence-electron chi connectivity index (χ2n) is 9.00. The van der Waals surface area contributed by atoms with E-state index in [1.807, 2.05) is 34.8 Å². The lowest BCUT2D eigenvalue weighted by Gasteiger charge is -2.05. The van der Waals surface area contributed by atoms with Crippen LogP contribution in [0, 0.1) is 0 Å². The van der Waals surface area contributed by atoms with Crippen molar-refractivity contribution in [1.29, 1.82) is 0 Å². The van der Waals surface area contributed by atoms with E-state index in [2.05, 4.69) is 102 Å². The van der Waals surface area contributed by atoms with Gasteiger partial charge >= 0.3 is 0 Å². The molecule has 7 rings (SSSR count). The van der Waals surface area contributed by atoms with Gasteiger partial charge in [0.25, 0.3) is 0 Å². The maximum Gasteiger partial charge on any atom is 0.0609 e. The van der Waals surface area contributed by atoms with Gasteiger partial charge in [-0.1, -0.05) is 49.6 Å². The number of hydrogen-bond acceptors (Lipinski definition) is 3. The van der Waals surface area contributed by atoms with Crippen molar-refractivity contribution in [3.63, 3.8) is 0 Å². The van der Waals surface area contributed by atoms with Crippen molar-refractivity contribution in [2.75, 3.05) is 0 Å². The fourth-order valence-electron chi connectivity index (χ4n) is 5.07. The minimum absolute atomic E-state index is 1.05. The number of fused-ring (bicyclic) bond motifs is 5. The molecule has 2 heterocycles. The van der Waals surface area contributed by atoms with Crippen molar-refractivity contribution >= 4 is 116 Å². The first-order chi connectivity index (χ1) is 17.5. The molecule has 0 aliphatic carbocycles. The highest BCUT2D eigenvalue weighted by Crippen LogP contribution is 2.50. The molecule has 5 aromatic carbocycles. The van der Waals surface area contributed by atoms with Gasteiger partial charge in [-0.15, -0.1) is 35.3 Å². The van der Waals surface area contributed by atoms with E-state index in [9.17, 15) is 0 Å². The van der Waals surface area contributed by atoms with Gasteiger partial charge in [-0.25, -0.2) is 0 Å². The van der Waals surface area contributed by atoms with Gasteiger partial charge in [0.05, 0.1) is 9.75 Å². The smallest absolute Gasteiger partial charge is 0.0609 e. The molecule has 0 saturated carbocycles. The van der Waals surface area contributed by atoms with Crippen molar-refractivity contribution in [2.24, 2.45) is 0 Å². The summed E-state index contributed by atoms with van der Waals surface area (Å²) in [5.41, 5.74) is 2.21. The zero-order chi connectivity index (χ0) is 24.6. The molecule has 36 heavy (non-hydrogen) atoms. The summed E-state index contributed by atoms with van der Waals surface area (Å²) in [5.74, 6) is 0. The Balaban J connectivity index is 1.45. The van der Waals surface area contributed by atoms with Crippen LogP contribution in [-0.2, 0) is 0 Å². The molecule has 0 N–H and O–H groups in total. The maximum atomic E-state index is 5.05. The van der Waals surface area contributed by atoms with Crippen LogP contribution in [-0.4, -0.2) is 0 Å². The van der Waals surface area contributed by atoms with Crippen LogP contribution in [0.25, 0.3) is 74.4 Å². The van der Waals surface area contributed by atoms with Crippen LogP contribution in [0.5, 0.6) is 0 Å². The fraction of sp³-hybridized carbons (Fsp3) is 0. The molecule has 0 bridgehead atoms. The van der Waals surface area contributed by atoms with E-state index < -0.39 is 0 Å². The zero-order valence-corrected chi connectivity index (χ0v) is 23.3. The van der Waals surface area contributed by atoms with Crippen molar-refractivity contribution in [3.8, 4) is 9.75 Å². The summed E-state index contributed by atoms with van der Waals surface area (Å²) in [6.45, 7) is 7.95. The van der Waals surface area contributed by atoms with E-state index in [4.69, 9.17) is 12.6 Å². The minimum atomic E-state index is 1.05. The molecule has 0 aliphatic heterocycles. The van der Waals surface area contributed by atoms with Gasteiger partial charge in [-0.2, -0.15) is 0 Å². The molecule has 0 fully saturated rings. The third-order valence-corrected chi connectivity index (χ3v) is 11.1. The van der Waals surface area contributed by atoms with Crippen molar-refractivity contribution in [3.05, 3.63) is 102 Å². The van der Waals surface area contributed by atoms with E-state index in [-0.39, 0.29) is 0 Å². The number of rotatable bonds is 3. The van der Waals surface area contributed by atoms with Crippen LogP contribution >= 0.6 is 51.2 Å². The van der Waals surface area contributed by atoms with Gasteiger partial charge in [-0.3, -0.25) is 0 Å². The van der Waals surface area contributed by atoms with Gasteiger partial charge < -0.3 is 0 Å². The second kappa shape index (κ2) is 8.32. The van der Waals surface area contributed by atoms with Gasteiger partial charge in [0.1, 0.15) is 0 Å². The maximum absolute atomic E-state index is 5.05. The van der Waals surface area contributed by atoms with E-state index in [1.165, 1.54) is 62.2 Å². The lowest BCUT2D eigenvalue weighted by Crippen LogP contribution is -1.82. The van der Waals surface area contributed by atoms with E-state index in [1.54, 1.807) is 0 Å². The summed E-state index contributed by atoms with van der Waals surface area (Å²) in [6, 6.07) is 26.7. The van der Waals surface area contributed by atoms with Crippen LogP contribution in [0.15, 0.2) is 95.3 Å². The van der Waals surface area contributed by atoms with E-state index in [0.717, 1.165) is 20.5 Å². The summed E-state index contributed by atoms with van der Waals surface area (Å²) in [4.78, 5) is 3.49. The lowest BCUT2D eigenvalue weighted by atomic mass is 10.00. The lowest BCUT2D eigenvalue weighted by molar-refractivity contribution is 1.67. The minimum Gasteiger partial charge on any atom is -0.141 e. The van der Waals surface area contributed by atoms with E-state index in [0.29, 0.717) is 0 Å². The number of halogens is 1. The molecule has 0 atom stereocenters. The molecule has 0 unspecified atom stereocenters. The summed E-state index contributed by atoms with van der Waals surface area (Å²) >= 11 is 12.6. The molecule has 0 radical (unpaired) electrons. The SMILES string of the molecule is C=Cc1cc2cc3sc(-c4sc5cc6cc7ccccc7cc6cc5c4S)c(Br)c3cc2cc1C=C. The molecule has 4 heteroatoms. The standard InChI is InChI=1S/C32H19BrS3/c1-3-17-9-21-13-25-27(15-23(21)10-18(17)4-2)35-31(29(25)33)32-30(34)26-14-22-11-19-7-5-6-8-20(19)12-24(22)16-28(26)36-32/h3-16,34H,1-2H2. The third kappa shape index (κ3) is 3.32. The van der Waals surface area contributed by atoms with Crippen LogP contribution in [0.2, 0.25) is 0 Å². The number of hydrogen-bond donors (Lipinski definition) is 1. The van der Waals surface area contributed by atoms with Crippen LogP contribution < -0.4 is 0 Å². The fourth-order valence-corrected chi connectivity index (χ4v) is 9.09. The topological polar surface area (TPSA) is 0 Å². The normalized spacial score (nSPS) is 11.8. The number of benzene rings is 5. The molecule has 0 saturated heterocycles. The summed E-state index contributed by atoms with van der Waals surface area (Å²) in [5, 5.41) is 9.90. The quantitative estimate of drug-likeness (QED) is 0.156. The summed E-state index contributed by atoms with van der Waals surface area (Å²) in [6.07, 6.45) is 3.79. The predicted octanol–water partition coefficient (Wildman–Crippen LogP) is 11.6. The summed E-state index contributed by atoms with van der Waals surface area (Å²) < 4.78 is 3.65. The molecule has 0 spiro atoms. The third-order valence-electron chi connectivity index (χ3n) is 6.92. The molecule has 0 nitrogen and oxygen atoms in total. The molecule has 172 valence electrons. The van der Waals surface area contributed by atoms with Crippen LogP contribution in [0.3, 0.4) is 0 Å². The molecule has 7 aromatic rings. The molecule has 2 aromatic heterocycles. The van der Waals surface area contributed by atoms with Crippen LogP contribution in [0.4, 0.5) is 0 Å². The summed E-state index contributed by atoms with van der Waals surface area (Å²) in [7, 11) is 0. The van der Waals surface area contributed by atoms with Crippen molar-refractivity contribution < 1.29 is 0 Å². The number of thiophene rings is 2. The van der Waals surface area contributed by atoms with Crippen molar-refractivity contribution in [1.82, 2.24) is 0 Å². The van der Waals surface area contributed by atoms with E-state index >= 15 is 0 Å². The Hall–Kier alpha value is -2.89. The van der Waals surface area contributed by atoms with Gasteiger partial charge in [-0.05, 0) is 108 Å². The first-order valence-electron chi connectivity index (χ1n) is 11.6. The Kier molecular flexibility index (Phi) is 5.16. The Morgan fingerprint density at radius 3 is 1.75 bits per heavy atom. The molecular weight excluding hydrogens is 560 g/mol. The first-order valence-corrected chi connectivity index (χ1v) is 14.4. The van der Waals surface area contributed by atoms with Gasteiger partial charge in [0, 0.05) is 29.5 Å². The Labute approximate surface area is 230 Å². The Morgan fingerprint density at radius 1 is 0.611 bits per heavy atom. The van der Waals surface area contributed by atoms with Gasteiger partial charge in [0.2, 0.25) is 0 Å². The highest BCUT2D eigenvalue weighted by atomic mass is 79.9. The molecule has 0 aliphatic rings.